The van der Waals surface area contributed by atoms with Gasteiger partial charge in [-0.25, -0.2) is 9.78 Å². The lowest BCUT2D eigenvalue weighted by Crippen LogP contribution is -2.11. The fraction of sp³-hybridized carbons (Fsp3) is 0.538. The number of carboxylic acids is 1. The van der Waals surface area contributed by atoms with Crippen LogP contribution in [0.1, 0.15) is 42.5 Å². The van der Waals surface area contributed by atoms with Gasteiger partial charge in [0, 0.05) is 12.7 Å². The molecule has 0 aliphatic heterocycles. The fourth-order valence-electron chi connectivity index (χ4n) is 2.41. The van der Waals surface area contributed by atoms with Gasteiger partial charge in [0.25, 0.3) is 0 Å². The molecule has 92 valence electrons. The minimum absolute atomic E-state index is 0.249. The molecule has 0 aromatic carbocycles. The highest BCUT2D eigenvalue weighted by molar-refractivity contribution is 5.92. The van der Waals surface area contributed by atoms with E-state index in [1.165, 1.54) is 25.7 Å². The number of hydrogen-bond acceptors (Lipinski definition) is 3. The van der Waals surface area contributed by atoms with E-state index in [1.54, 1.807) is 18.3 Å². The predicted octanol–water partition coefficient (Wildman–Crippen LogP) is 2.77. The number of carbonyl (C=O) groups is 1. The summed E-state index contributed by atoms with van der Waals surface area (Å²) in [6, 6.07) is 3.22. The summed E-state index contributed by atoms with van der Waals surface area (Å²) in [6.45, 7) is 0.807. The molecule has 1 saturated carbocycles. The molecule has 1 fully saturated rings. The first-order chi connectivity index (χ1) is 8.27. The van der Waals surface area contributed by atoms with Gasteiger partial charge < -0.3 is 10.4 Å². The molecule has 0 amide bonds. The van der Waals surface area contributed by atoms with E-state index in [2.05, 4.69) is 10.3 Å². The Morgan fingerprint density at radius 3 is 2.94 bits per heavy atom. The van der Waals surface area contributed by atoms with Crippen molar-refractivity contribution in [2.45, 2.75) is 32.1 Å². The lowest BCUT2D eigenvalue weighted by Gasteiger charge is -2.11. The predicted molar refractivity (Wildman–Crippen MR) is 66.3 cm³/mol. The highest BCUT2D eigenvalue weighted by atomic mass is 16.4. The Labute approximate surface area is 101 Å². The molecule has 17 heavy (non-hydrogen) atoms. The summed E-state index contributed by atoms with van der Waals surface area (Å²) < 4.78 is 0. The van der Waals surface area contributed by atoms with Crippen molar-refractivity contribution in [3.8, 4) is 0 Å². The molecule has 4 nitrogen and oxygen atoms in total. The topological polar surface area (TPSA) is 62.2 Å². The number of nitrogens with one attached hydrogen (secondary N) is 1. The molecule has 0 saturated heterocycles. The molecule has 0 radical (unpaired) electrons. The Morgan fingerprint density at radius 1 is 1.47 bits per heavy atom. The summed E-state index contributed by atoms with van der Waals surface area (Å²) in [6.07, 6.45) is 8.04. The Morgan fingerprint density at radius 2 is 2.24 bits per heavy atom. The Kier molecular flexibility index (Phi) is 3.96. The number of carboxylic acid groups (broad SMARTS) is 1. The van der Waals surface area contributed by atoms with Crippen LogP contribution >= 0.6 is 0 Å². The summed E-state index contributed by atoms with van der Waals surface area (Å²) in [5, 5.41) is 12.1. The standard InChI is InChI=1S/C13H18N2O2/c16-13(17)11-6-3-8-14-12(11)15-9-7-10-4-1-2-5-10/h3,6,8,10H,1-2,4-5,7,9H2,(H,14,15)(H,16,17). The van der Waals surface area contributed by atoms with E-state index in [9.17, 15) is 4.79 Å². The van der Waals surface area contributed by atoms with Crippen LogP contribution < -0.4 is 5.32 Å². The number of hydrogen-bond donors (Lipinski definition) is 2. The lowest BCUT2D eigenvalue weighted by molar-refractivity contribution is 0.0697. The van der Waals surface area contributed by atoms with Gasteiger partial charge in [0.2, 0.25) is 0 Å². The zero-order chi connectivity index (χ0) is 12.1. The first kappa shape index (κ1) is 11.9. The van der Waals surface area contributed by atoms with E-state index in [0.717, 1.165) is 18.9 Å². The molecule has 2 rings (SSSR count). The molecule has 1 aliphatic rings. The maximum atomic E-state index is 11.0. The molecule has 0 unspecified atom stereocenters. The lowest BCUT2D eigenvalue weighted by atomic mass is 10.0. The summed E-state index contributed by atoms with van der Waals surface area (Å²) >= 11 is 0. The van der Waals surface area contributed by atoms with Gasteiger partial charge in [-0.15, -0.1) is 0 Å². The molecule has 0 atom stereocenters. The minimum atomic E-state index is -0.929. The van der Waals surface area contributed by atoms with Crippen LogP contribution in [0.3, 0.4) is 0 Å². The molecule has 1 aromatic rings. The van der Waals surface area contributed by atoms with E-state index in [0.29, 0.717) is 5.82 Å². The monoisotopic (exact) mass is 234 g/mol. The number of aromatic carboxylic acids is 1. The second-order valence-electron chi connectivity index (χ2n) is 4.57. The van der Waals surface area contributed by atoms with Crippen molar-refractivity contribution in [1.29, 1.82) is 0 Å². The maximum Gasteiger partial charge on any atom is 0.339 e. The average Bonchev–Trinajstić information content (AvgIpc) is 2.82. The van der Waals surface area contributed by atoms with Crippen molar-refractivity contribution < 1.29 is 9.90 Å². The maximum absolute atomic E-state index is 11.0. The number of pyridine rings is 1. The molecular weight excluding hydrogens is 216 g/mol. The number of rotatable bonds is 5. The van der Waals surface area contributed by atoms with E-state index in [-0.39, 0.29) is 5.56 Å². The van der Waals surface area contributed by atoms with Crippen LogP contribution in [0.2, 0.25) is 0 Å². The van der Waals surface area contributed by atoms with Crippen LogP contribution in [0, 0.1) is 5.92 Å². The Balaban J connectivity index is 1.87. The molecule has 1 aromatic heterocycles. The highest BCUT2D eigenvalue weighted by Crippen LogP contribution is 2.27. The average molecular weight is 234 g/mol. The van der Waals surface area contributed by atoms with Crippen LogP contribution in [0.15, 0.2) is 18.3 Å². The highest BCUT2D eigenvalue weighted by Gasteiger charge is 2.15. The zero-order valence-electron chi connectivity index (χ0n) is 9.85. The molecule has 1 aliphatic carbocycles. The van der Waals surface area contributed by atoms with Crippen molar-refractivity contribution >= 4 is 11.8 Å². The number of nitrogens with zero attached hydrogens (tertiary/aromatic N) is 1. The van der Waals surface area contributed by atoms with Crippen molar-refractivity contribution in [3.63, 3.8) is 0 Å². The number of aromatic nitrogens is 1. The quantitative estimate of drug-likeness (QED) is 0.822. The van der Waals surface area contributed by atoms with Gasteiger partial charge in [0.05, 0.1) is 0 Å². The third kappa shape index (κ3) is 3.19. The first-order valence-electron chi connectivity index (χ1n) is 6.19. The summed E-state index contributed by atoms with van der Waals surface area (Å²) in [7, 11) is 0. The largest absolute Gasteiger partial charge is 0.478 e. The van der Waals surface area contributed by atoms with E-state index >= 15 is 0 Å². The van der Waals surface area contributed by atoms with Gasteiger partial charge in [-0.1, -0.05) is 25.7 Å². The van der Waals surface area contributed by atoms with Crippen molar-refractivity contribution in [3.05, 3.63) is 23.9 Å². The minimum Gasteiger partial charge on any atom is -0.478 e. The second kappa shape index (κ2) is 5.66. The van der Waals surface area contributed by atoms with E-state index in [4.69, 9.17) is 5.11 Å². The van der Waals surface area contributed by atoms with Gasteiger partial charge in [-0.2, -0.15) is 0 Å². The van der Waals surface area contributed by atoms with Gasteiger partial charge in [-0.05, 0) is 24.5 Å². The van der Waals surface area contributed by atoms with Crippen molar-refractivity contribution in [2.24, 2.45) is 5.92 Å². The first-order valence-corrected chi connectivity index (χ1v) is 6.19. The van der Waals surface area contributed by atoms with Gasteiger partial charge >= 0.3 is 5.97 Å². The molecule has 0 spiro atoms. The molecular formula is C13H18N2O2. The van der Waals surface area contributed by atoms with Gasteiger partial charge in [0.1, 0.15) is 11.4 Å². The van der Waals surface area contributed by atoms with Gasteiger partial charge in [0.15, 0.2) is 0 Å². The molecule has 0 bridgehead atoms. The zero-order valence-corrected chi connectivity index (χ0v) is 9.85. The SMILES string of the molecule is O=C(O)c1cccnc1NCCC1CCCC1. The van der Waals surface area contributed by atoms with Crippen LogP contribution in [0.5, 0.6) is 0 Å². The van der Waals surface area contributed by atoms with Crippen LogP contribution in [-0.4, -0.2) is 22.6 Å². The van der Waals surface area contributed by atoms with Crippen molar-refractivity contribution in [1.82, 2.24) is 4.98 Å². The Hall–Kier alpha value is -1.58. The third-order valence-corrected chi connectivity index (χ3v) is 3.36. The smallest absolute Gasteiger partial charge is 0.339 e. The van der Waals surface area contributed by atoms with Crippen molar-refractivity contribution in [2.75, 3.05) is 11.9 Å². The van der Waals surface area contributed by atoms with E-state index < -0.39 is 5.97 Å². The summed E-state index contributed by atoms with van der Waals surface area (Å²) in [5.74, 6) is 0.360. The second-order valence-corrected chi connectivity index (χ2v) is 4.57. The Bertz CT molecular complexity index is 387. The molecule has 4 heteroatoms. The number of anilines is 1. The normalized spacial score (nSPS) is 16.0. The fourth-order valence-corrected chi connectivity index (χ4v) is 2.41. The van der Waals surface area contributed by atoms with Gasteiger partial charge in [-0.3, -0.25) is 0 Å². The summed E-state index contributed by atoms with van der Waals surface area (Å²) in [5.41, 5.74) is 0.249. The summed E-state index contributed by atoms with van der Waals surface area (Å²) in [4.78, 5) is 15.0. The molecule has 1 heterocycles. The van der Waals surface area contributed by atoms with Crippen LogP contribution in [0.4, 0.5) is 5.82 Å². The van der Waals surface area contributed by atoms with Crippen LogP contribution in [-0.2, 0) is 0 Å². The molecule has 2 N–H and O–H groups in total. The van der Waals surface area contributed by atoms with Crippen LogP contribution in [0.25, 0.3) is 0 Å². The van der Waals surface area contributed by atoms with E-state index in [1.807, 2.05) is 0 Å². The third-order valence-electron chi connectivity index (χ3n) is 3.36.